The van der Waals surface area contributed by atoms with Crippen LogP contribution in [0, 0.1) is 13.1 Å². The van der Waals surface area contributed by atoms with E-state index >= 15 is 0 Å². The number of aromatic nitrogens is 2. The van der Waals surface area contributed by atoms with Crippen molar-refractivity contribution < 1.29 is 0 Å². The lowest BCUT2D eigenvalue weighted by Crippen LogP contribution is -1.97. The van der Waals surface area contributed by atoms with Crippen LogP contribution < -0.4 is 0 Å². The van der Waals surface area contributed by atoms with Crippen molar-refractivity contribution in [2.75, 3.05) is 0 Å². The van der Waals surface area contributed by atoms with E-state index in [0.717, 1.165) is 55.4 Å². The molecule has 9 rings (SSSR count). The average Bonchev–Trinajstić information content (AvgIpc) is 3.67. The summed E-state index contributed by atoms with van der Waals surface area (Å²) in [5.41, 5.74) is 11.6. The summed E-state index contributed by atoms with van der Waals surface area (Å²) in [5, 5.41) is 4.70. The smallest absolute Gasteiger partial charge is 0.195 e. The van der Waals surface area contributed by atoms with Gasteiger partial charge in [-0.3, -0.25) is 0 Å². The molecule has 4 heteroatoms. The second kappa shape index (κ2) is 10.9. The number of para-hydroxylation sites is 4. The van der Waals surface area contributed by atoms with Crippen LogP contribution in [0.5, 0.6) is 0 Å². The highest BCUT2D eigenvalue weighted by molar-refractivity contribution is 6.11. The molecule has 0 aliphatic rings. The fourth-order valence-corrected chi connectivity index (χ4v) is 7.22. The first-order valence-electron chi connectivity index (χ1n) is 15.8. The Balaban J connectivity index is 1.20. The Labute approximate surface area is 277 Å². The molecule has 0 amide bonds. The van der Waals surface area contributed by atoms with Gasteiger partial charge in [-0.2, -0.15) is 0 Å². The van der Waals surface area contributed by atoms with Crippen LogP contribution in [0.4, 0.5) is 11.4 Å². The van der Waals surface area contributed by atoms with E-state index in [2.05, 4.69) is 122 Å². The number of hydrogen-bond acceptors (Lipinski definition) is 0. The van der Waals surface area contributed by atoms with Gasteiger partial charge in [0.05, 0.1) is 35.4 Å². The lowest BCUT2D eigenvalue weighted by Gasteiger charge is -2.16. The van der Waals surface area contributed by atoms with Crippen LogP contribution >= 0.6 is 0 Å². The van der Waals surface area contributed by atoms with Crippen LogP contribution in [0.15, 0.2) is 158 Å². The summed E-state index contributed by atoms with van der Waals surface area (Å²) in [7, 11) is 0. The largest absolute Gasteiger partial charge is 0.310 e. The third kappa shape index (κ3) is 4.14. The summed E-state index contributed by atoms with van der Waals surface area (Å²) in [5.74, 6) is 0. The number of fused-ring (bicyclic) bond motifs is 6. The van der Waals surface area contributed by atoms with E-state index < -0.39 is 0 Å². The monoisotopic (exact) mass is 610 g/mol. The van der Waals surface area contributed by atoms with Crippen LogP contribution in [0.3, 0.4) is 0 Å². The van der Waals surface area contributed by atoms with Gasteiger partial charge < -0.3 is 9.13 Å². The van der Waals surface area contributed by atoms with Gasteiger partial charge in [-0.1, -0.05) is 115 Å². The molecule has 0 saturated carbocycles. The third-order valence-corrected chi connectivity index (χ3v) is 9.38. The first-order valence-corrected chi connectivity index (χ1v) is 15.8. The van der Waals surface area contributed by atoms with Crippen molar-refractivity contribution in [3.05, 3.63) is 181 Å². The van der Waals surface area contributed by atoms with Gasteiger partial charge in [0.1, 0.15) is 0 Å². The second-order valence-corrected chi connectivity index (χ2v) is 11.9. The van der Waals surface area contributed by atoms with Crippen molar-refractivity contribution in [3.63, 3.8) is 0 Å². The van der Waals surface area contributed by atoms with E-state index in [0.29, 0.717) is 11.4 Å². The zero-order valence-corrected chi connectivity index (χ0v) is 25.8. The van der Waals surface area contributed by atoms with E-state index in [4.69, 9.17) is 13.1 Å². The van der Waals surface area contributed by atoms with E-state index in [-0.39, 0.29) is 0 Å². The summed E-state index contributed by atoms with van der Waals surface area (Å²) in [6.45, 7) is 15.8. The minimum atomic E-state index is 0.593. The van der Waals surface area contributed by atoms with Crippen LogP contribution in [0.25, 0.3) is 86.9 Å². The van der Waals surface area contributed by atoms with Crippen molar-refractivity contribution in [3.8, 4) is 33.6 Å². The normalized spacial score (nSPS) is 11.3. The van der Waals surface area contributed by atoms with Gasteiger partial charge in [0.2, 0.25) is 0 Å². The zero-order chi connectivity index (χ0) is 32.2. The molecule has 0 bridgehead atoms. The van der Waals surface area contributed by atoms with Gasteiger partial charge in [0, 0.05) is 32.7 Å². The van der Waals surface area contributed by atoms with E-state index in [9.17, 15) is 0 Å². The predicted octanol–water partition coefficient (Wildman–Crippen LogP) is 12.3. The molecule has 0 aliphatic heterocycles. The van der Waals surface area contributed by atoms with Gasteiger partial charge in [-0.05, 0) is 64.7 Å². The molecule has 0 atom stereocenters. The third-order valence-electron chi connectivity index (χ3n) is 9.38. The number of rotatable bonds is 4. The summed E-state index contributed by atoms with van der Waals surface area (Å²) in [4.78, 5) is 7.69. The molecule has 4 nitrogen and oxygen atoms in total. The summed E-state index contributed by atoms with van der Waals surface area (Å²) in [6.07, 6.45) is 0. The summed E-state index contributed by atoms with van der Waals surface area (Å²) < 4.78 is 4.55. The van der Waals surface area contributed by atoms with Crippen molar-refractivity contribution in [1.82, 2.24) is 9.13 Å². The van der Waals surface area contributed by atoms with Gasteiger partial charge in [0.15, 0.2) is 11.4 Å². The molecule has 2 heterocycles. The maximum absolute atomic E-state index is 8.09. The van der Waals surface area contributed by atoms with Crippen LogP contribution in [-0.4, -0.2) is 9.13 Å². The SMILES string of the molecule is [C-]#[N+]c1ccc2c3ccccc3n(-c3ccccc3-c3cc(-c4ccc(-n5c6ccccc6c6ccccc65)cc4)ccc3[N+]#[C-])c2c1. The molecule has 0 saturated heterocycles. The van der Waals surface area contributed by atoms with Crippen LogP contribution in [-0.2, 0) is 0 Å². The van der Waals surface area contributed by atoms with E-state index in [1.54, 1.807) is 0 Å². The lowest BCUT2D eigenvalue weighted by molar-refractivity contribution is 1.18. The van der Waals surface area contributed by atoms with Gasteiger partial charge in [-0.25, -0.2) is 9.69 Å². The summed E-state index contributed by atoms with van der Waals surface area (Å²) in [6, 6.07) is 54.4. The first kappa shape index (κ1) is 27.4. The zero-order valence-electron chi connectivity index (χ0n) is 25.8. The Hall–Kier alpha value is -6.88. The van der Waals surface area contributed by atoms with Crippen LogP contribution in [0.1, 0.15) is 0 Å². The van der Waals surface area contributed by atoms with E-state index in [1.165, 1.54) is 21.8 Å². The Morgan fingerprint density at radius 2 is 0.958 bits per heavy atom. The highest BCUT2D eigenvalue weighted by Crippen LogP contribution is 2.42. The van der Waals surface area contributed by atoms with Gasteiger partial charge >= 0.3 is 0 Å². The predicted molar refractivity (Wildman–Crippen MR) is 199 cm³/mol. The highest BCUT2D eigenvalue weighted by atomic mass is 15.0. The quantitative estimate of drug-likeness (QED) is 0.177. The Morgan fingerprint density at radius 3 is 1.60 bits per heavy atom. The molecule has 0 radical (unpaired) electrons. The Kier molecular flexibility index (Phi) is 6.22. The van der Waals surface area contributed by atoms with Gasteiger partial charge in [0.25, 0.3) is 0 Å². The molecule has 9 aromatic rings. The molecule has 0 fully saturated rings. The van der Waals surface area contributed by atoms with Crippen molar-refractivity contribution in [2.24, 2.45) is 0 Å². The maximum atomic E-state index is 8.09. The summed E-state index contributed by atoms with van der Waals surface area (Å²) >= 11 is 0. The molecule has 0 N–H and O–H groups in total. The fraction of sp³-hybridized carbons (Fsp3) is 0. The molecular weight excluding hydrogens is 585 g/mol. The topological polar surface area (TPSA) is 18.6 Å². The van der Waals surface area contributed by atoms with Crippen LogP contribution in [0.2, 0.25) is 0 Å². The Bertz CT molecular complexity index is 2750. The molecule has 222 valence electrons. The molecular formula is C44H26N4. The molecule has 7 aromatic carbocycles. The first-order chi connectivity index (χ1) is 23.7. The average molecular weight is 611 g/mol. The molecule has 0 aliphatic carbocycles. The number of hydrogen-bond donors (Lipinski definition) is 0. The lowest BCUT2D eigenvalue weighted by atomic mass is 9.96. The highest BCUT2D eigenvalue weighted by Gasteiger charge is 2.18. The molecule has 0 unspecified atom stereocenters. The van der Waals surface area contributed by atoms with Crippen molar-refractivity contribution in [1.29, 1.82) is 0 Å². The molecule has 2 aromatic heterocycles. The standard InChI is InChI=1S/C44H26N4/c1-45-31-22-25-37-35-13-5-9-17-42(35)48(44(37)28-31)43-18-10-6-14-36(43)38-27-30(21-26-39(38)46-2)29-19-23-32(24-20-29)47-40-15-7-3-11-33(40)34-12-4-8-16-41(34)47/h3-28H. The maximum Gasteiger partial charge on any atom is 0.195 e. The minimum Gasteiger partial charge on any atom is -0.310 e. The van der Waals surface area contributed by atoms with Crippen molar-refractivity contribution in [2.45, 2.75) is 0 Å². The fourth-order valence-electron chi connectivity index (χ4n) is 7.22. The Morgan fingerprint density at radius 1 is 0.396 bits per heavy atom. The number of nitrogens with zero attached hydrogens (tertiary/aromatic N) is 4. The van der Waals surface area contributed by atoms with Gasteiger partial charge in [-0.15, -0.1) is 0 Å². The van der Waals surface area contributed by atoms with E-state index in [1.807, 2.05) is 54.6 Å². The molecule has 48 heavy (non-hydrogen) atoms. The minimum absolute atomic E-state index is 0.593. The van der Waals surface area contributed by atoms with Crippen molar-refractivity contribution >= 4 is 55.0 Å². The molecule has 0 spiro atoms. The number of benzene rings is 7. The second-order valence-electron chi connectivity index (χ2n) is 11.9.